The van der Waals surface area contributed by atoms with Gasteiger partial charge in [-0.15, -0.1) is 0 Å². The van der Waals surface area contributed by atoms with Gasteiger partial charge >= 0.3 is 0 Å². The monoisotopic (exact) mass is 175 g/mol. The highest BCUT2D eigenvalue weighted by Crippen LogP contribution is 2.22. The maximum absolute atomic E-state index is 3.58. The van der Waals surface area contributed by atoms with E-state index in [1.165, 1.54) is 36.9 Å². The summed E-state index contributed by atoms with van der Waals surface area (Å²) >= 11 is 0. The van der Waals surface area contributed by atoms with E-state index in [0.29, 0.717) is 0 Å². The highest BCUT2D eigenvalue weighted by molar-refractivity contribution is 5.46. The Hall–Kier alpha value is -0.980. The summed E-state index contributed by atoms with van der Waals surface area (Å²) < 4.78 is 0. The molecule has 1 aliphatic carbocycles. The molecule has 1 aromatic rings. The Bertz CT molecular complexity index is 274. The molecule has 0 spiro atoms. The van der Waals surface area contributed by atoms with Crippen molar-refractivity contribution in [1.29, 1.82) is 0 Å². The number of anilines is 1. The van der Waals surface area contributed by atoms with Crippen LogP contribution in [-0.4, -0.2) is 6.04 Å². The van der Waals surface area contributed by atoms with Crippen LogP contribution in [0.25, 0.3) is 0 Å². The van der Waals surface area contributed by atoms with Crippen molar-refractivity contribution in [1.82, 2.24) is 0 Å². The summed E-state index contributed by atoms with van der Waals surface area (Å²) in [6, 6.07) is 9.36. The van der Waals surface area contributed by atoms with Gasteiger partial charge in [-0.3, -0.25) is 0 Å². The Morgan fingerprint density at radius 2 is 2.00 bits per heavy atom. The fraction of sp³-hybridized carbons (Fsp3) is 0.500. The van der Waals surface area contributed by atoms with Gasteiger partial charge < -0.3 is 5.32 Å². The number of benzene rings is 1. The van der Waals surface area contributed by atoms with Gasteiger partial charge in [0.2, 0.25) is 0 Å². The third kappa shape index (κ3) is 2.24. The largest absolute Gasteiger partial charge is 0.382 e. The lowest BCUT2D eigenvalue weighted by molar-refractivity contribution is 0.755. The van der Waals surface area contributed by atoms with Gasteiger partial charge in [-0.2, -0.15) is 0 Å². The van der Waals surface area contributed by atoms with E-state index in [1.807, 2.05) is 0 Å². The quantitative estimate of drug-likeness (QED) is 0.726. The lowest BCUT2D eigenvalue weighted by atomic mass is 10.2. The van der Waals surface area contributed by atoms with Crippen LogP contribution in [-0.2, 0) is 0 Å². The molecule has 1 aliphatic rings. The molecule has 0 unspecified atom stereocenters. The van der Waals surface area contributed by atoms with Crippen molar-refractivity contribution in [3.63, 3.8) is 0 Å². The van der Waals surface area contributed by atoms with Crippen LogP contribution in [0, 0.1) is 6.92 Å². The summed E-state index contributed by atoms with van der Waals surface area (Å²) in [6.07, 6.45) is 5.47. The summed E-state index contributed by atoms with van der Waals surface area (Å²) in [5.74, 6) is 0. The molecule has 0 amide bonds. The molecule has 1 nitrogen and oxygen atoms in total. The second kappa shape index (κ2) is 3.82. The Morgan fingerprint density at radius 3 is 2.69 bits per heavy atom. The molecule has 70 valence electrons. The molecule has 0 heterocycles. The minimum Gasteiger partial charge on any atom is -0.382 e. The molecule has 0 aromatic heterocycles. The normalized spacial score (nSPS) is 17.6. The van der Waals surface area contributed by atoms with Crippen molar-refractivity contribution in [2.24, 2.45) is 0 Å². The molecule has 13 heavy (non-hydrogen) atoms. The molecule has 0 saturated heterocycles. The maximum atomic E-state index is 3.58. The topological polar surface area (TPSA) is 12.0 Å². The highest BCUT2D eigenvalue weighted by atomic mass is 14.9. The van der Waals surface area contributed by atoms with Gasteiger partial charge in [0.1, 0.15) is 0 Å². The molecule has 0 aliphatic heterocycles. The number of rotatable bonds is 2. The predicted octanol–water partition coefficient (Wildman–Crippen LogP) is 3.35. The molecule has 1 saturated carbocycles. The second-order valence-corrected chi connectivity index (χ2v) is 4.00. The second-order valence-electron chi connectivity index (χ2n) is 4.00. The maximum Gasteiger partial charge on any atom is 0.0344 e. The van der Waals surface area contributed by atoms with E-state index in [9.17, 15) is 0 Å². The SMILES string of the molecule is Cc1cccc(NC2CCCC2)c1. The van der Waals surface area contributed by atoms with Crippen LogP contribution < -0.4 is 5.32 Å². The van der Waals surface area contributed by atoms with E-state index >= 15 is 0 Å². The van der Waals surface area contributed by atoms with Crippen LogP contribution in [0.4, 0.5) is 5.69 Å². The summed E-state index contributed by atoms with van der Waals surface area (Å²) in [5, 5.41) is 3.58. The molecule has 0 bridgehead atoms. The van der Waals surface area contributed by atoms with Crippen molar-refractivity contribution in [3.05, 3.63) is 29.8 Å². The molecule has 0 radical (unpaired) electrons. The lowest BCUT2D eigenvalue weighted by Gasteiger charge is -2.13. The van der Waals surface area contributed by atoms with E-state index in [4.69, 9.17) is 0 Å². The molecule has 1 fully saturated rings. The summed E-state index contributed by atoms with van der Waals surface area (Å²) in [7, 11) is 0. The summed E-state index contributed by atoms with van der Waals surface area (Å²) in [5.41, 5.74) is 2.62. The van der Waals surface area contributed by atoms with Gasteiger partial charge in [-0.05, 0) is 37.5 Å². The summed E-state index contributed by atoms with van der Waals surface area (Å²) in [4.78, 5) is 0. The number of hydrogen-bond donors (Lipinski definition) is 1. The highest BCUT2D eigenvalue weighted by Gasteiger charge is 2.13. The molecule has 1 N–H and O–H groups in total. The molecule has 2 rings (SSSR count). The minimum atomic E-state index is 0.724. The average Bonchev–Trinajstić information content (AvgIpc) is 2.57. The first-order valence-electron chi connectivity index (χ1n) is 5.18. The van der Waals surface area contributed by atoms with Gasteiger partial charge in [0.25, 0.3) is 0 Å². The van der Waals surface area contributed by atoms with Gasteiger partial charge in [-0.25, -0.2) is 0 Å². The smallest absolute Gasteiger partial charge is 0.0344 e. The van der Waals surface area contributed by atoms with E-state index in [0.717, 1.165) is 6.04 Å². The zero-order valence-corrected chi connectivity index (χ0v) is 8.22. The van der Waals surface area contributed by atoms with Crippen LogP contribution in [0.3, 0.4) is 0 Å². The lowest BCUT2D eigenvalue weighted by Crippen LogP contribution is -2.14. The van der Waals surface area contributed by atoms with Crippen molar-refractivity contribution < 1.29 is 0 Å². The molecular formula is C12H17N. The fourth-order valence-electron chi connectivity index (χ4n) is 2.04. The van der Waals surface area contributed by atoms with Crippen molar-refractivity contribution in [2.45, 2.75) is 38.6 Å². The van der Waals surface area contributed by atoms with E-state index in [1.54, 1.807) is 0 Å². The van der Waals surface area contributed by atoms with Gasteiger partial charge in [0, 0.05) is 11.7 Å². The Kier molecular flexibility index (Phi) is 2.53. The van der Waals surface area contributed by atoms with Gasteiger partial charge in [0.15, 0.2) is 0 Å². The first-order valence-corrected chi connectivity index (χ1v) is 5.18. The Morgan fingerprint density at radius 1 is 1.23 bits per heavy atom. The van der Waals surface area contributed by atoms with Crippen LogP contribution in [0.1, 0.15) is 31.2 Å². The zero-order valence-electron chi connectivity index (χ0n) is 8.22. The fourth-order valence-corrected chi connectivity index (χ4v) is 2.04. The molecule has 1 heteroatoms. The van der Waals surface area contributed by atoms with Crippen molar-refractivity contribution >= 4 is 5.69 Å². The minimum absolute atomic E-state index is 0.724. The van der Waals surface area contributed by atoms with E-state index in [2.05, 4.69) is 36.5 Å². The summed E-state index contributed by atoms with van der Waals surface area (Å²) in [6.45, 7) is 2.14. The van der Waals surface area contributed by atoms with Crippen molar-refractivity contribution in [2.75, 3.05) is 5.32 Å². The third-order valence-electron chi connectivity index (χ3n) is 2.74. The standard InChI is InChI=1S/C12H17N/c1-10-5-4-8-12(9-10)13-11-6-2-3-7-11/h4-5,8-9,11,13H,2-3,6-7H2,1H3. The van der Waals surface area contributed by atoms with E-state index < -0.39 is 0 Å². The first-order chi connectivity index (χ1) is 6.34. The number of aryl methyl sites for hydroxylation is 1. The van der Waals surface area contributed by atoms with E-state index in [-0.39, 0.29) is 0 Å². The molecular weight excluding hydrogens is 158 g/mol. The van der Waals surface area contributed by atoms with Crippen LogP contribution >= 0.6 is 0 Å². The van der Waals surface area contributed by atoms with Gasteiger partial charge in [-0.1, -0.05) is 25.0 Å². The number of hydrogen-bond acceptors (Lipinski definition) is 1. The Labute approximate surface area is 80.2 Å². The average molecular weight is 175 g/mol. The first kappa shape index (κ1) is 8.61. The van der Waals surface area contributed by atoms with Crippen LogP contribution in [0.2, 0.25) is 0 Å². The predicted molar refractivity (Wildman–Crippen MR) is 57.1 cm³/mol. The Balaban J connectivity index is 2.00. The van der Waals surface area contributed by atoms with Crippen LogP contribution in [0.15, 0.2) is 24.3 Å². The molecule has 0 atom stereocenters. The number of nitrogens with one attached hydrogen (secondary N) is 1. The van der Waals surface area contributed by atoms with Gasteiger partial charge in [0.05, 0.1) is 0 Å². The third-order valence-corrected chi connectivity index (χ3v) is 2.74. The van der Waals surface area contributed by atoms with Crippen LogP contribution in [0.5, 0.6) is 0 Å². The van der Waals surface area contributed by atoms with Crippen molar-refractivity contribution in [3.8, 4) is 0 Å². The molecule has 1 aromatic carbocycles. The zero-order chi connectivity index (χ0) is 9.10.